The first-order chi connectivity index (χ1) is 5.85. The van der Waals surface area contributed by atoms with Crippen LogP contribution in [-0.2, 0) is 0 Å². The zero-order valence-corrected chi connectivity index (χ0v) is 8.19. The maximum absolute atomic E-state index is 11.9. The van der Waals surface area contributed by atoms with Crippen LogP contribution in [0.15, 0.2) is 0 Å². The Morgan fingerprint density at radius 2 is 1.85 bits per heavy atom. The molecule has 4 heteroatoms. The molecule has 0 spiro atoms. The summed E-state index contributed by atoms with van der Waals surface area (Å²) in [6.45, 7) is 3.96. The van der Waals surface area contributed by atoms with Crippen molar-refractivity contribution in [3.8, 4) is 0 Å². The molecule has 0 aromatic heterocycles. The zero-order chi connectivity index (χ0) is 10.5. The van der Waals surface area contributed by atoms with Crippen molar-refractivity contribution in [2.45, 2.75) is 51.7 Å². The molecule has 0 aromatic rings. The number of hydrogen-bond donors (Lipinski definition) is 1. The molecule has 0 saturated heterocycles. The van der Waals surface area contributed by atoms with Crippen LogP contribution < -0.4 is 5.73 Å². The van der Waals surface area contributed by atoms with Gasteiger partial charge in [-0.3, -0.25) is 0 Å². The molecule has 2 atom stereocenters. The molecule has 0 aliphatic carbocycles. The van der Waals surface area contributed by atoms with E-state index in [1.807, 2.05) is 13.8 Å². The fraction of sp³-hybridized carbons (Fsp3) is 1.00. The molecule has 1 nitrogen and oxygen atoms in total. The van der Waals surface area contributed by atoms with Gasteiger partial charge in [-0.05, 0) is 12.3 Å². The largest absolute Gasteiger partial charge is 0.390 e. The summed E-state index contributed by atoms with van der Waals surface area (Å²) in [4.78, 5) is 0. The van der Waals surface area contributed by atoms with Crippen molar-refractivity contribution in [3.63, 3.8) is 0 Å². The van der Waals surface area contributed by atoms with Crippen molar-refractivity contribution < 1.29 is 13.2 Å². The monoisotopic (exact) mass is 197 g/mol. The van der Waals surface area contributed by atoms with Crippen LogP contribution in [0.1, 0.15) is 39.5 Å². The summed E-state index contributed by atoms with van der Waals surface area (Å²) in [5.74, 6) is 0.294. The van der Waals surface area contributed by atoms with Gasteiger partial charge in [-0.2, -0.15) is 13.2 Å². The van der Waals surface area contributed by atoms with Crippen molar-refractivity contribution in [3.05, 3.63) is 0 Å². The molecule has 2 N–H and O–H groups in total. The fourth-order valence-corrected chi connectivity index (χ4v) is 1.51. The first-order valence-electron chi connectivity index (χ1n) is 4.67. The van der Waals surface area contributed by atoms with E-state index in [-0.39, 0.29) is 0 Å². The Morgan fingerprint density at radius 3 is 2.23 bits per heavy atom. The summed E-state index contributed by atoms with van der Waals surface area (Å²) >= 11 is 0. The van der Waals surface area contributed by atoms with Gasteiger partial charge in [-0.15, -0.1) is 0 Å². The van der Waals surface area contributed by atoms with Crippen LogP contribution in [-0.4, -0.2) is 12.2 Å². The lowest BCUT2D eigenvalue weighted by Crippen LogP contribution is -2.29. The average Bonchev–Trinajstić information content (AvgIpc) is 1.81. The van der Waals surface area contributed by atoms with E-state index in [1.165, 1.54) is 0 Å². The highest BCUT2D eigenvalue weighted by Crippen LogP contribution is 2.24. The molecule has 0 heterocycles. The van der Waals surface area contributed by atoms with Crippen LogP contribution in [0.3, 0.4) is 0 Å². The van der Waals surface area contributed by atoms with E-state index in [1.54, 1.807) is 0 Å². The first kappa shape index (κ1) is 12.8. The molecular formula is C9H18F3N. The minimum Gasteiger partial charge on any atom is -0.327 e. The fourth-order valence-electron chi connectivity index (χ4n) is 1.51. The number of nitrogens with two attached hydrogens (primary N) is 1. The normalized spacial score (nSPS) is 17.1. The zero-order valence-electron chi connectivity index (χ0n) is 8.19. The Hall–Kier alpha value is -0.250. The van der Waals surface area contributed by atoms with Gasteiger partial charge in [0, 0.05) is 6.04 Å². The molecule has 0 aromatic carbocycles. The lowest BCUT2D eigenvalue weighted by atomic mass is 9.96. The molecule has 0 saturated carbocycles. The molecule has 0 aliphatic rings. The van der Waals surface area contributed by atoms with Crippen molar-refractivity contribution in [2.24, 2.45) is 11.7 Å². The van der Waals surface area contributed by atoms with E-state index >= 15 is 0 Å². The van der Waals surface area contributed by atoms with Crippen LogP contribution in [0, 0.1) is 5.92 Å². The topological polar surface area (TPSA) is 26.0 Å². The van der Waals surface area contributed by atoms with Gasteiger partial charge in [0.2, 0.25) is 0 Å². The van der Waals surface area contributed by atoms with Crippen molar-refractivity contribution in [1.82, 2.24) is 0 Å². The van der Waals surface area contributed by atoms with Crippen LogP contribution in [0.5, 0.6) is 0 Å². The molecule has 0 bridgehead atoms. The van der Waals surface area contributed by atoms with Gasteiger partial charge in [0.05, 0.1) is 6.42 Å². The Kier molecular flexibility index (Phi) is 5.37. The minimum atomic E-state index is -4.12. The highest BCUT2D eigenvalue weighted by atomic mass is 19.4. The second-order valence-electron chi connectivity index (χ2n) is 3.71. The summed E-state index contributed by atoms with van der Waals surface area (Å²) < 4.78 is 35.6. The number of rotatable bonds is 5. The molecule has 0 fully saturated rings. The highest BCUT2D eigenvalue weighted by Gasteiger charge is 2.30. The molecule has 2 unspecified atom stereocenters. The Bertz CT molecular complexity index is 133. The first-order valence-corrected chi connectivity index (χ1v) is 4.67. The van der Waals surface area contributed by atoms with Crippen molar-refractivity contribution in [1.29, 1.82) is 0 Å². The summed E-state index contributed by atoms with van der Waals surface area (Å²) in [5, 5.41) is 0. The minimum absolute atomic E-state index is 0.294. The lowest BCUT2D eigenvalue weighted by molar-refractivity contribution is -0.138. The molecule has 13 heavy (non-hydrogen) atoms. The molecule has 80 valence electrons. The number of hydrogen-bond acceptors (Lipinski definition) is 1. The molecule has 0 radical (unpaired) electrons. The summed E-state index contributed by atoms with van der Waals surface area (Å²) in [7, 11) is 0. The van der Waals surface area contributed by atoms with E-state index in [4.69, 9.17) is 5.73 Å². The standard InChI is InChI=1S/C9H18F3N/c1-3-4-7(2)5-8(13)6-9(10,11)12/h7-8H,3-6,13H2,1-2H3. The smallest absolute Gasteiger partial charge is 0.327 e. The van der Waals surface area contributed by atoms with Crippen LogP contribution in [0.25, 0.3) is 0 Å². The van der Waals surface area contributed by atoms with Gasteiger partial charge >= 0.3 is 6.18 Å². The van der Waals surface area contributed by atoms with E-state index in [2.05, 4.69) is 0 Å². The van der Waals surface area contributed by atoms with E-state index in [0.29, 0.717) is 12.3 Å². The quantitative estimate of drug-likeness (QED) is 0.720. The van der Waals surface area contributed by atoms with Gasteiger partial charge in [-0.25, -0.2) is 0 Å². The Morgan fingerprint density at radius 1 is 1.31 bits per heavy atom. The van der Waals surface area contributed by atoms with Gasteiger partial charge in [0.1, 0.15) is 0 Å². The summed E-state index contributed by atoms with van der Waals surface area (Å²) in [6, 6.07) is -0.735. The van der Waals surface area contributed by atoms with Gasteiger partial charge in [-0.1, -0.05) is 26.7 Å². The van der Waals surface area contributed by atoms with Gasteiger partial charge in [0.15, 0.2) is 0 Å². The van der Waals surface area contributed by atoms with Gasteiger partial charge < -0.3 is 5.73 Å². The third kappa shape index (κ3) is 8.09. The Balaban J connectivity index is 3.67. The van der Waals surface area contributed by atoms with Crippen LogP contribution >= 0.6 is 0 Å². The molecule has 0 amide bonds. The lowest BCUT2D eigenvalue weighted by Gasteiger charge is -2.17. The maximum Gasteiger partial charge on any atom is 0.390 e. The number of halogens is 3. The SMILES string of the molecule is CCCC(C)CC(N)CC(F)(F)F. The molecular weight excluding hydrogens is 179 g/mol. The predicted molar refractivity (Wildman–Crippen MR) is 47.3 cm³/mol. The Labute approximate surface area is 77.5 Å². The molecule has 0 aliphatic heterocycles. The second kappa shape index (κ2) is 5.47. The van der Waals surface area contributed by atoms with E-state index in [0.717, 1.165) is 12.8 Å². The average molecular weight is 197 g/mol. The van der Waals surface area contributed by atoms with Crippen molar-refractivity contribution >= 4 is 0 Å². The van der Waals surface area contributed by atoms with E-state index in [9.17, 15) is 13.2 Å². The second-order valence-corrected chi connectivity index (χ2v) is 3.71. The maximum atomic E-state index is 11.9. The molecule has 0 rings (SSSR count). The summed E-state index contributed by atoms with van der Waals surface area (Å²) in [6.07, 6.45) is -2.56. The van der Waals surface area contributed by atoms with Crippen LogP contribution in [0.4, 0.5) is 13.2 Å². The predicted octanol–water partition coefficient (Wildman–Crippen LogP) is 3.09. The number of alkyl halides is 3. The summed E-state index contributed by atoms with van der Waals surface area (Å²) in [5.41, 5.74) is 5.37. The third-order valence-corrected chi connectivity index (χ3v) is 1.98. The van der Waals surface area contributed by atoms with Crippen molar-refractivity contribution in [2.75, 3.05) is 0 Å². The third-order valence-electron chi connectivity index (χ3n) is 1.98. The van der Waals surface area contributed by atoms with E-state index < -0.39 is 18.6 Å². The van der Waals surface area contributed by atoms with Crippen LogP contribution in [0.2, 0.25) is 0 Å². The van der Waals surface area contributed by atoms with Gasteiger partial charge in [0.25, 0.3) is 0 Å². The highest BCUT2D eigenvalue weighted by molar-refractivity contribution is 4.69.